The standard InChI is InChI=1S/C16H24N2O2/c1-16(2,12-17)8-5-9-20-14-7-6-13(11-18-3)10-15(14)19-4/h6-7,10,18H,5,8-9,11H2,1-4H3. The molecule has 0 saturated carbocycles. The van der Waals surface area contributed by atoms with Crippen molar-refractivity contribution in [2.75, 3.05) is 20.8 Å². The largest absolute Gasteiger partial charge is 0.493 e. The summed E-state index contributed by atoms with van der Waals surface area (Å²) in [7, 11) is 3.55. The molecule has 1 aromatic rings. The van der Waals surface area contributed by atoms with Crippen LogP contribution in [0.1, 0.15) is 32.3 Å². The number of rotatable bonds is 8. The molecule has 0 heterocycles. The fourth-order valence-electron chi connectivity index (χ4n) is 1.90. The van der Waals surface area contributed by atoms with Crippen LogP contribution in [0.4, 0.5) is 0 Å². The summed E-state index contributed by atoms with van der Waals surface area (Å²) in [5, 5.41) is 12.1. The summed E-state index contributed by atoms with van der Waals surface area (Å²) in [5.74, 6) is 1.50. The quantitative estimate of drug-likeness (QED) is 0.741. The maximum atomic E-state index is 8.96. The Hall–Kier alpha value is -1.73. The third kappa shape index (κ3) is 5.10. The number of nitriles is 1. The molecule has 0 aliphatic rings. The van der Waals surface area contributed by atoms with Crippen LogP contribution in [0.15, 0.2) is 18.2 Å². The van der Waals surface area contributed by atoms with Gasteiger partial charge in [-0.3, -0.25) is 0 Å². The first kappa shape index (κ1) is 16.3. The highest BCUT2D eigenvalue weighted by Gasteiger charge is 2.16. The number of hydrogen-bond acceptors (Lipinski definition) is 4. The summed E-state index contributed by atoms with van der Waals surface area (Å²) in [5.41, 5.74) is 0.867. The van der Waals surface area contributed by atoms with E-state index in [1.165, 1.54) is 0 Å². The third-order valence-corrected chi connectivity index (χ3v) is 3.12. The summed E-state index contributed by atoms with van der Waals surface area (Å²) in [6, 6.07) is 8.23. The molecule has 110 valence electrons. The number of nitrogens with zero attached hydrogens (tertiary/aromatic N) is 1. The van der Waals surface area contributed by atoms with E-state index < -0.39 is 0 Å². The van der Waals surface area contributed by atoms with Gasteiger partial charge in [0.25, 0.3) is 0 Å². The number of ether oxygens (including phenoxy) is 2. The van der Waals surface area contributed by atoms with Crippen LogP contribution >= 0.6 is 0 Å². The zero-order chi connectivity index (χ0) is 15.0. The smallest absolute Gasteiger partial charge is 0.161 e. The van der Waals surface area contributed by atoms with Gasteiger partial charge in [-0.1, -0.05) is 6.07 Å². The van der Waals surface area contributed by atoms with Crippen LogP contribution in [0.3, 0.4) is 0 Å². The van der Waals surface area contributed by atoms with E-state index in [9.17, 15) is 0 Å². The van der Waals surface area contributed by atoms with Crippen molar-refractivity contribution >= 4 is 0 Å². The Morgan fingerprint density at radius 1 is 1.30 bits per heavy atom. The summed E-state index contributed by atoms with van der Waals surface area (Å²) >= 11 is 0. The lowest BCUT2D eigenvalue weighted by Crippen LogP contribution is -2.10. The molecule has 0 saturated heterocycles. The fraction of sp³-hybridized carbons (Fsp3) is 0.562. The molecule has 0 aromatic heterocycles. The molecule has 4 heteroatoms. The van der Waals surface area contributed by atoms with Crippen LogP contribution < -0.4 is 14.8 Å². The second kappa shape index (κ2) is 7.76. The molecular formula is C16H24N2O2. The van der Waals surface area contributed by atoms with Crippen LogP contribution in [0.5, 0.6) is 11.5 Å². The molecule has 1 aromatic carbocycles. The van der Waals surface area contributed by atoms with Crippen molar-refractivity contribution in [3.8, 4) is 17.6 Å². The van der Waals surface area contributed by atoms with E-state index in [1.54, 1.807) is 7.11 Å². The first-order valence-corrected chi connectivity index (χ1v) is 6.88. The Morgan fingerprint density at radius 3 is 2.65 bits per heavy atom. The predicted molar refractivity (Wildman–Crippen MR) is 79.9 cm³/mol. The molecule has 0 radical (unpaired) electrons. The van der Waals surface area contributed by atoms with Gasteiger partial charge in [0.1, 0.15) is 0 Å². The predicted octanol–water partition coefficient (Wildman–Crippen LogP) is 3.12. The maximum Gasteiger partial charge on any atom is 0.161 e. The van der Waals surface area contributed by atoms with Crippen molar-refractivity contribution in [2.45, 2.75) is 33.2 Å². The van der Waals surface area contributed by atoms with Gasteiger partial charge in [-0.05, 0) is 51.4 Å². The number of nitrogens with one attached hydrogen (secondary N) is 1. The van der Waals surface area contributed by atoms with Crippen molar-refractivity contribution in [3.63, 3.8) is 0 Å². The van der Waals surface area contributed by atoms with Crippen molar-refractivity contribution in [1.82, 2.24) is 5.32 Å². The monoisotopic (exact) mass is 276 g/mol. The van der Waals surface area contributed by atoms with Crippen molar-refractivity contribution in [2.24, 2.45) is 5.41 Å². The lowest BCUT2D eigenvalue weighted by Gasteiger charge is -2.16. The minimum absolute atomic E-state index is 0.288. The van der Waals surface area contributed by atoms with E-state index in [4.69, 9.17) is 14.7 Å². The van der Waals surface area contributed by atoms with E-state index in [-0.39, 0.29) is 5.41 Å². The first-order chi connectivity index (χ1) is 9.52. The van der Waals surface area contributed by atoms with Gasteiger partial charge in [-0.25, -0.2) is 0 Å². The zero-order valence-corrected chi connectivity index (χ0v) is 12.8. The highest BCUT2D eigenvalue weighted by molar-refractivity contribution is 5.42. The molecule has 4 nitrogen and oxygen atoms in total. The second-order valence-electron chi connectivity index (χ2n) is 5.46. The van der Waals surface area contributed by atoms with Gasteiger partial charge >= 0.3 is 0 Å². The van der Waals surface area contributed by atoms with Gasteiger partial charge in [0.05, 0.1) is 25.2 Å². The maximum absolute atomic E-state index is 8.96. The van der Waals surface area contributed by atoms with Gasteiger partial charge in [-0.15, -0.1) is 0 Å². The molecule has 0 aliphatic heterocycles. The minimum atomic E-state index is -0.288. The number of hydrogen-bond donors (Lipinski definition) is 1. The lowest BCUT2D eigenvalue weighted by atomic mass is 9.90. The van der Waals surface area contributed by atoms with E-state index in [0.717, 1.165) is 36.4 Å². The van der Waals surface area contributed by atoms with Crippen molar-refractivity contribution in [1.29, 1.82) is 5.26 Å². The molecule has 0 amide bonds. The molecule has 0 unspecified atom stereocenters. The molecule has 20 heavy (non-hydrogen) atoms. The zero-order valence-electron chi connectivity index (χ0n) is 12.8. The van der Waals surface area contributed by atoms with E-state index in [2.05, 4.69) is 11.4 Å². The topological polar surface area (TPSA) is 54.3 Å². The normalized spacial score (nSPS) is 10.9. The average molecular weight is 276 g/mol. The molecule has 0 fully saturated rings. The van der Waals surface area contributed by atoms with Crippen LogP contribution in [0.2, 0.25) is 0 Å². The number of benzene rings is 1. The Morgan fingerprint density at radius 2 is 2.05 bits per heavy atom. The van der Waals surface area contributed by atoms with Crippen LogP contribution in [-0.4, -0.2) is 20.8 Å². The molecule has 1 rings (SSSR count). The molecular weight excluding hydrogens is 252 g/mol. The van der Waals surface area contributed by atoms with E-state index >= 15 is 0 Å². The number of methoxy groups -OCH3 is 1. The summed E-state index contributed by atoms with van der Waals surface area (Å²) in [4.78, 5) is 0. The van der Waals surface area contributed by atoms with Gasteiger partial charge in [-0.2, -0.15) is 5.26 Å². The fourth-order valence-corrected chi connectivity index (χ4v) is 1.90. The lowest BCUT2D eigenvalue weighted by molar-refractivity contribution is 0.269. The third-order valence-electron chi connectivity index (χ3n) is 3.12. The van der Waals surface area contributed by atoms with Gasteiger partial charge < -0.3 is 14.8 Å². The summed E-state index contributed by atoms with van der Waals surface area (Å²) in [6.45, 7) is 5.28. The highest BCUT2D eigenvalue weighted by Crippen LogP contribution is 2.29. The minimum Gasteiger partial charge on any atom is -0.493 e. The van der Waals surface area contributed by atoms with Gasteiger partial charge in [0.2, 0.25) is 0 Å². The van der Waals surface area contributed by atoms with Crippen LogP contribution in [0, 0.1) is 16.7 Å². The average Bonchev–Trinajstić information content (AvgIpc) is 2.45. The SMILES string of the molecule is CNCc1ccc(OCCCC(C)(C)C#N)c(OC)c1. The van der Waals surface area contributed by atoms with E-state index in [0.29, 0.717) is 6.61 Å². The molecule has 0 bridgehead atoms. The Balaban J connectivity index is 2.54. The molecule has 0 aliphatic carbocycles. The Labute approximate surface area is 121 Å². The Kier molecular flexibility index (Phi) is 6.33. The second-order valence-corrected chi connectivity index (χ2v) is 5.46. The summed E-state index contributed by atoms with van der Waals surface area (Å²) < 4.78 is 11.1. The molecule has 1 N–H and O–H groups in total. The first-order valence-electron chi connectivity index (χ1n) is 6.88. The Bertz CT molecular complexity index is 464. The van der Waals surface area contributed by atoms with E-state index in [1.807, 2.05) is 39.1 Å². The summed E-state index contributed by atoms with van der Waals surface area (Å²) in [6.07, 6.45) is 1.67. The highest BCUT2D eigenvalue weighted by atomic mass is 16.5. The van der Waals surface area contributed by atoms with Crippen LogP contribution in [0.25, 0.3) is 0 Å². The molecule has 0 atom stereocenters. The van der Waals surface area contributed by atoms with Crippen molar-refractivity contribution in [3.05, 3.63) is 23.8 Å². The van der Waals surface area contributed by atoms with Gasteiger partial charge in [0, 0.05) is 6.54 Å². The van der Waals surface area contributed by atoms with Gasteiger partial charge in [0.15, 0.2) is 11.5 Å². The van der Waals surface area contributed by atoms with Crippen molar-refractivity contribution < 1.29 is 9.47 Å². The van der Waals surface area contributed by atoms with Crippen LogP contribution in [-0.2, 0) is 6.54 Å². The molecule has 0 spiro atoms.